The molecular formula is C27H23Cl2N3O4. The first-order valence-corrected chi connectivity index (χ1v) is 11.7. The Morgan fingerprint density at radius 2 is 1.53 bits per heavy atom. The third-order valence-corrected chi connectivity index (χ3v) is 6.33. The molecule has 3 aromatic carbocycles. The van der Waals surface area contributed by atoms with E-state index in [2.05, 4.69) is 10.6 Å². The van der Waals surface area contributed by atoms with Crippen LogP contribution >= 0.6 is 23.2 Å². The standard InChI is InChI=1S/C27H23Cl2N3O4/c1-14-11-15(2)23(16(3)12-14)31-25(33)17-5-8-19(9-6-17)30-24-22(29)26(34)32(27(24)35)20-13-18(28)7-10-21(20)36-4/h5-13,30H,1-4H3,(H,31,33). The Balaban J connectivity index is 1.52. The minimum Gasteiger partial charge on any atom is -0.495 e. The van der Waals surface area contributed by atoms with Gasteiger partial charge in [0.25, 0.3) is 17.7 Å². The highest BCUT2D eigenvalue weighted by Gasteiger charge is 2.40. The van der Waals surface area contributed by atoms with Crippen molar-refractivity contribution in [3.05, 3.63) is 92.6 Å². The Hall–Kier alpha value is -3.81. The molecule has 3 aromatic rings. The van der Waals surface area contributed by atoms with E-state index in [-0.39, 0.29) is 22.3 Å². The van der Waals surface area contributed by atoms with E-state index in [0.29, 0.717) is 22.0 Å². The fourth-order valence-electron chi connectivity index (χ4n) is 4.08. The zero-order chi connectivity index (χ0) is 26.1. The molecule has 184 valence electrons. The molecule has 0 atom stereocenters. The third-order valence-electron chi connectivity index (χ3n) is 5.74. The van der Waals surface area contributed by atoms with Gasteiger partial charge in [0.05, 0.1) is 12.8 Å². The highest BCUT2D eigenvalue weighted by Crippen LogP contribution is 2.37. The molecule has 0 saturated carbocycles. The van der Waals surface area contributed by atoms with Gasteiger partial charge in [-0.1, -0.05) is 40.9 Å². The Morgan fingerprint density at radius 3 is 2.14 bits per heavy atom. The summed E-state index contributed by atoms with van der Waals surface area (Å²) in [5, 5.41) is 5.91. The molecule has 0 aliphatic carbocycles. The second-order valence-electron chi connectivity index (χ2n) is 8.38. The van der Waals surface area contributed by atoms with Crippen molar-refractivity contribution in [2.24, 2.45) is 0 Å². The molecule has 1 aliphatic rings. The summed E-state index contributed by atoms with van der Waals surface area (Å²) in [7, 11) is 1.42. The van der Waals surface area contributed by atoms with Crippen LogP contribution in [-0.2, 0) is 9.59 Å². The lowest BCUT2D eigenvalue weighted by Gasteiger charge is -2.18. The van der Waals surface area contributed by atoms with Crippen LogP contribution in [0.4, 0.5) is 17.1 Å². The van der Waals surface area contributed by atoms with Crippen LogP contribution in [-0.4, -0.2) is 24.8 Å². The molecule has 1 aliphatic heterocycles. The predicted molar refractivity (Wildman–Crippen MR) is 142 cm³/mol. The minimum absolute atomic E-state index is 0.0909. The van der Waals surface area contributed by atoms with Crippen molar-refractivity contribution in [2.75, 3.05) is 22.6 Å². The number of benzene rings is 3. The zero-order valence-corrected chi connectivity index (χ0v) is 21.5. The molecule has 0 radical (unpaired) electrons. The van der Waals surface area contributed by atoms with Gasteiger partial charge in [0.15, 0.2) is 0 Å². The minimum atomic E-state index is -0.704. The molecular weight excluding hydrogens is 501 g/mol. The van der Waals surface area contributed by atoms with E-state index < -0.39 is 11.8 Å². The number of halogens is 2. The average Bonchev–Trinajstić information content (AvgIpc) is 3.04. The number of nitrogens with one attached hydrogen (secondary N) is 2. The number of anilines is 3. The molecule has 9 heteroatoms. The number of amides is 3. The Morgan fingerprint density at radius 1 is 0.889 bits per heavy atom. The second kappa shape index (κ2) is 10.0. The van der Waals surface area contributed by atoms with E-state index in [1.54, 1.807) is 36.4 Å². The molecule has 7 nitrogen and oxygen atoms in total. The van der Waals surface area contributed by atoms with E-state index >= 15 is 0 Å². The number of imide groups is 1. The summed E-state index contributed by atoms with van der Waals surface area (Å²) < 4.78 is 5.27. The number of carbonyl (C=O) groups is 3. The quantitative estimate of drug-likeness (QED) is 0.389. The van der Waals surface area contributed by atoms with Crippen LogP contribution in [0.3, 0.4) is 0 Å². The highest BCUT2D eigenvalue weighted by molar-refractivity contribution is 6.53. The molecule has 0 aromatic heterocycles. The summed E-state index contributed by atoms with van der Waals surface area (Å²) in [6.07, 6.45) is 0. The van der Waals surface area contributed by atoms with Gasteiger partial charge in [-0.25, -0.2) is 4.90 Å². The lowest BCUT2D eigenvalue weighted by Crippen LogP contribution is -2.32. The molecule has 1 heterocycles. The molecule has 0 spiro atoms. The SMILES string of the molecule is COc1ccc(Cl)cc1N1C(=O)C(Cl)=C(Nc2ccc(C(=O)Nc3c(C)cc(C)cc3C)cc2)C1=O. The van der Waals surface area contributed by atoms with Crippen LogP contribution < -0.4 is 20.3 Å². The predicted octanol–water partition coefficient (Wildman–Crippen LogP) is 5.96. The topological polar surface area (TPSA) is 87.7 Å². The lowest BCUT2D eigenvalue weighted by atomic mass is 10.0. The molecule has 0 bridgehead atoms. The largest absolute Gasteiger partial charge is 0.495 e. The highest BCUT2D eigenvalue weighted by atomic mass is 35.5. The van der Waals surface area contributed by atoms with Crippen LogP contribution in [0.25, 0.3) is 0 Å². The van der Waals surface area contributed by atoms with E-state index in [0.717, 1.165) is 27.3 Å². The molecule has 3 amide bonds. The van der Waals surface area contributed by atoms with Crippen molar-refractivity contribution >= 4 is 58.0 Å². The van der Waals surface area contributed by atoms with Gasteiger partial charge in [0, 0.05) is 22.0 Å². The Kier molecular flexibility index (Phi) is 7.06. The van der Waals surface area contributed by atoms with Crippen LogP contribution in [0.15, 0.2) is 65.3 Å². The number of carbonyl (C=O) groups excluding carboxylic acids is 3. The molecule has 2 N–H and O–H groups in total. The maximum atomic E-state index is 13.1. The number of ether oxygens (including phenoxy) is 1. The van der Waals surface area contributed by atoms with E-state index in [4.69, 9.17) is 27.9 Å². The fraction of sp³-hybridized carbons (Fsp3) is 0.148. The van der Waals surface area contributed by atoms with Crippen molar-refractivity contribution in [3.8, 4) is 5.75 Å². The van der Waals surface area contributed by atoms with Gasteiger partial charge in [0.1, 0.15) is 16.5 Å². The summed E-state index contributed by atoms with van der Waals surface area (Å²) in [5.74, 6) is -1.33. The van der Waals surface area contributed by atoms with Crippen molar-refractivity contribution in [2.45, 2.75) is 20.8 Å². The number of aryl methyl sites for hydroxylation is 3. The maximum absolute atomic E-state index is 13.1. The summed E-state index contributed by atoms with van der Waals surface area (Å²) in [6.45, 7) is 5.90. The van der Waals surface area contributed by atoms with E-state index in [1.807, 2.05) is 32.9 Å². The normalized spacial score (nSPS) is 13.3. The van der Waals surface area contributed by atoms with Gasteiger partial charge in [-0.05, 0) is 74.4 Å². The van der Waals surface area contributed by atoms with Crippen LogP contribution in [0.5, 0.6) is 5.75 Å². The monoisotopic (exact) mass is 523 g/mol. The summed E-state index contributed by atoms with van der Waals surface area (Å²) >= 11 is 12.3. The zero-order valence-electron chi connectivity index (χ0n) is 20.0. The summed E-state index contributed by atoms with van der Waals surface area (Å²) in [6, 6.07) is 15.1. The van der Waals surface area contributed by atoms with Crippen LogP contribution in [0.2, 0.25) is 5.02 Å². The van der Waals surface area contributed by atoms with Crippen molar-refractivity contribution in [3.63, 3.8) is 0 Å². The van der Waals surface area contributed by atoms with E-state index in [9.17, 15) is 14.4 Å². The first kappa shape index (κ1) is 25.3. The number of hydrogen-bond acceptors (Lipinski definition) is 5. The fourth-order valence-corrected chi connectivity index (χ4v) is 4.46. The lowest BCUT2D eigenvalue weighted by molar-refractivity contribution is -0.120. The third kappa shape index (κ3) is 4.80. The van der Waals surface area contributed by atoms with Gasteiger partial charge in [-0.3, -0.25) is 14.4 Å². The van der Waals surface area contributed by atoms with Gasteiger partial charge in [0.2, 0.25) is 0 Å². The molecule has 0 fully saturated rings. The van der Waals surface area contributed by atoms with Crippen LogP contribution in [0.1, 0.15) is 27.0 Å². The van der Waals surface area contributed by atoms with Gasteiger partial charge in [-0.2, -0.15) is 0 Å². The van der Waals surface area contributed by atoms with Gasteiger partial charge >= 0.3 is 0 Å². The van der Waals surface area contributed by atoms with E-state index in [1.165, 1.54) is 13.2 Å². The van der Waals surface area contributed by atoms with Crippen molar-refractivity contribution in [1.29, 1.82) is 0 Å². The number of methoxy groups -OCH3 is 1. The molecule has 4 rings (SSSR count). The maximum Gasteiger partial charge on any atom is 0.283 e. The van der Waals surface area contributed by atoms with Gasteiger partial charge in [-0.15, -0.1) is 0 Å². The Bertz CT molecular complexity index is 1410. The second-order valence-corrected chi connectivity index (χ2v) is 9.20. The Labute approximate surface area is 218 Å². The first-order valence-electron chi connectivity index (χ1n) is 11.0. The smallest absolute Gasteiger partial charge is 0.283 e. The molecule has 0 saturated heterocycles. The van der Waals surface area contributed by atoms with Crippen molar-refractivity contribution in [1.82, 2.24) is 0 Å². The summed E-state index contributed by atoms with van der Waals surface area (Å²) in [4.78, 5) is 39.6. The summed E-state index contributed by atoms with van der Waals surface area (Å²) in [5.41, 5.74) is 4.85. The van der Waals surface area contributed by atoms with Gasteiger partial charge < -0.3 is 15.4 Å². The molecule has 36 heavy (non-hydrogen) atoms. The average molecular weight is 524 g/mol. The number of hydrogen-bond donors (Lipinski definition) is 2. The number of nitrogens with zero attached hydrogens (tertiary/aromatic N) is 1. The van der Waals surface area contributed by atoms with Crippen LogP contribution in [0, 0.1) is 20.8 Å². The number of rotatable bonds is 6. The molecule has 0 unspecified atom stereocenters. The first-order chi connectivity index (χ1) is 17.1. The van der Waals surface area contributed by atoms with Crippen molar-refractivity contribution < 1.29 is 19.1 Å².